The molecule has 0 bridgehead atoms. The Morgan fingerprint density at radius 3 is 2.38 bits per heavy atom. The van der Waals surface area contributed by atoms with Crippen LogP contribution in [0.25, 0.3) is 0 Å². The average molecular weight is 357 g/mol. The molecule has 0 aliphatic rings. The van der Waals surface area contributed by atoms with E-state index < -0.39 is 12.1 Å². The van der Waals surface area contributed by atoms with Crippen molar-refractivity contribution in [2.75, 3.05) is 5.32 Å². The van der Waals surface area contributed by atoms with E-state index >= 15 is 0 Å². The zero-order valence-corrected chi connectivity index (χ0v) is 15.2. The van der Waals surface area contributed by atoms with Gasteiger partial charge in [-0.1, -0.05) is 44.2 Å². The van der Waals surface area contributed by atoms with Crippen LogP contribution in [-0.4, -0.2) is 18.0 Å². The van der Waals surface area contributed by atoms with Crippen LogP contribution < -0.4 is 16.0 Å². The molecule has 0 aliphatic carbocycles. The molecular weight excluding hydrogens is 333 g/mol. The maximum atomic E-state index is 13.3. The molecule has 0 spiro atoms. The number of hydrogen-bond acceptors (Lipinski definition) is 2. The van der Waals surface area contributed by atoms with Crippen molar-refractivity contribution in [1.82, 2.24) is 10.6 Å². The molecule has 2 aromatic rings. The molecule has 6 heteroatoms. The van der Waals surface area contributed by atoms with Crippen molar-refractivity contribution < 1.29 is 14.0 Å². The SMILES string of the molecule is Cc1cc(CNC(=O)[C@@H](NC(=O)Nc2ccccc2)C(C)C)ccc1F. The Bertz CT molecular complexity index is 763. The predicted octanol–water partition coefficient (Wildman–Crippen LogP) is 3.60. The Morgan fingerprint density at radius 2 is 1.77 bits per heavy atom. The number of halogens is 1. The van der Waals surface area contributed by atoms with Crippen LogP contribution in [0.5, 0.6) is 0 Å². The Balaban J connectivity index is 1.93. The highest BCUT2D eigenvalue weighted by Crippen LogP contribution is 2.10. The zero-order valence-electron chi connectivity index (χ0n) is 15.2. The lowest BCUT2D eigenvalue weighted by Gasteiger charge is -2.22. The minimum atomic E-state index is -0.680. The Hall–Kier alpha value is -2.89. The van der Waals surface area contributed by atoms with Crippen LogP contribution in [0.15, 0.2) is 48.5 Å². The summed E-state index contributed by atoms with van der Waals surface area (Å²) in [7, 11) is 0. The van der Waals surface area contributed by atoms with Gasteiger partial charge in [0.25, 0.3) is 0 Å². The molecular formula is C20H24FN3O2. The van der Waals surface area contributed by atoms with E-state index in [1.54, 1.807) is 31.2 Å². The largest absolute Gasteiger partial charge is 0.350 e. The maximum Gasteiger partial charge on any atom is 0.319 e. The summed E-state index contributed by atoms with van der Waals surface area (Å²) in [6, 6.07) is 12.6. The van der Waals surface area contributed by atoms with Crippen LogP contribution in [0, 0.1) is 18.7 Å². The van der Waals surface area contributed by atoms with Crippen molar-refractivity contribution in [3.05, 3.63) is 65.5 Å². The summed E-state index contributed by atoms with van der Waals surface area (Å²) in [4.78, 5) is 24.6. The predicted molar refractivity (Wildman–Crippen MR) is 100 cm³/mol. The number of rotatable bonds is 6. The van der Waals surface area contributed by atoms with E-state index in [9.17, 15) is 14.0 Å². The normalized spacial score (nSPS) is 11.7. The second-order valence-corrected chi connectivity index (χ2v) is 6.49. The van der Waals surface area contributed by atoms with E-state index in [2.05, 4.69) is 16.0 Å². The number of carbonyl (C=O) groups excluding carboxylic acids is 2. The molecule has 5 nitrogen and oxygen atoms in total. The zero-order chi connectivity index (χ0) is 19.1. The number of urea groups is 1. The number of amides is 3. The third kappa shape index (κ3) is 5.58. The maximum absolute atomic E-state index is 13.3. The number of anilines is 1. The molecule has 3 amide bonds. The summed E-state index contributed by atoms with van der Waals surface area (Å²) in [5, 5.41) is 8.19. The molecule has 0 heterocycles. The Labute approximate surface area is 153 Å². The molecule has 26 heavy (non-hydrogen) atoms. The first kappa shape index (κ1) is 19.4. The van der Waals surface area contributed by atoms with Gasteiger partial charge in [-0.05, 0) is 42.2 Å². The monoisotopic (exact) mass is 357 g/mol. The highest BCUT2D eigenvalue weighted by atomic mass is 19.1. The Morgan fingerprint density at radius 1 is 1.08 bits per heavy atom. The lowest BCUT2D eigenvalue weighted by Crippen LogP contribution is -2.50. The molecule has 1 atom stereocenters. The smallest absolute Gasteiger partial charge is 0.319 e. The third-order valence-electron chi connectivity index (χ3n) is 3.96. The van der Waals surface area contributed by atoms with Crippen LogP contribution in [-0.2, 0) is 11.3 Å². The highest BCUT2D eigenvalue weighted by molar-refractivity contribution is 5.93. The fraction of sp³-hybridized carbons (Fsp3) is 0.300. The van der Waals surface area contributed by atoms with Gasteiger partial charge in [-0.2, -0.15) is 0 Å². The third-order valence-corrected chi connectivity index (χ3v) is 3.96. The molecule has 0 aliphatic heterocycles. The van der Waals surface area contributed by atoms with Gasteiger partial charge in [0.2, 0.25) is 5.91 Å². The molecule has 138 valence electrons. The minimum Gasteiger partial charge on any atom is -0.350 e. The number of aryl methyl sites for hydroxylation is 1. The molecule has 2 aromatic carbocycles. The summed E-state index contributed by atoms with van der Waals surface area (Å²) in [6.45, 7) is 5.66. The summed E-state index contributed by atoms with van der Waals surface area (Å²) >= 11 is 0. The summed E-state index contributed by atoms with van der Waals surface area (Å²) < 4.78 is 13.3. The number of nitrogens with one attached hydrogen (secondary N) is 3. The van der Waals surface area contributed by atoms with Crippen molar-refractivity contribution in [2.24, 2.45) is 5.92 Å². The molecule has 3 N–H and O–H groups in total. The summed E-state index contributed by atoms with van der Waals surface area (Å²) in [5.74, 6) is -0.656. The second kappa shape index (κ2) is 8.99. The summed E-state index contributed by atoms with van der Waals surface area (Å²) in [6.07, 6.45) is 0. The highest BCUT2D eigenvalue weighted by Gasteiger charge is 2.24. The molecule has 2 rings (SSSR count). The van der Waals surface area contributed by atoms with Gasteiger partial charge < -0.3 is 16.0 Å². The first-order chi connectivity index (χ1) is 12.4. The van der Waals surface area contributed by atoms with Gasteiger partial charge in [-0.25, -0.2) is 9.18 Å². The topological polar surface area (TPSA) is 70.2 Å². The fourth-order valence-corrected chi connectivity index (χ4v) is 2.48. The second-order valence-electron chi connectivity index (χ2n) is 6.49. The first-order valence-electron chi connectivity index (χ1n) is 8.52. The first-order valence-corrected chi connectivity index (χ1v) is 8.52. The van der Waals surface area contributed by atoms with Gasteiger partial charge in [0.15, 0.2) is 0 Å². The van der Waals surface area contributed by atoms with Gasteiger partial charge >= 0.3 is 6.03 Å². The van der Waals surface area contributed by atoms with Gasteiger partial charge in [-0.3, -0.25) is 4.79 Å². The van der Waals surface area contributed by atoms with E-state index in [0.717, 1.165) is 5.56 Å². The standard InChI is InChI=1S/C20H24FN3O2/c1-13(2)18(24-20(26)23-16-7-5-4-6-8-16)19(25)22-12-15-9-10-17(21)14(3)11-15/h4-11,13,18H,12H2,1-3H3,(H,22,25)(H2,23,24,26)/t18-/m0/s1. The number of hydrogen-bond donors (Lipinski definition) is 3. The van der Waals surface area contributed by atoms with Gasteiger partial charge in [0.05, 0.1) is 0 Å². The van der Waals surface area contributed by atoms with Gasteiger partial charge in [-0.15, -0.1) is 0 Å². The Kier molecular flexibility index (Phi) is 6.72. The van der Waals surface area contributed by atoms with Crippen molar-refractivity contribution in [2.45, 2.75) is 33.4 Å². The van der Waals surface area contributed by atoms with E-state index in [1.165, 1.54) is 6.07 Å². The molecule has 0 saturated heterocycles. The molecule has 0 unspecified atom stereocenters. The summed E-state index contributed by atoms with van der Waals surface area (Å²) in [5.41, 5.74) is 1.97. The van der Waals surface area contributed by atoms with Crippen molar-refractivity contribution in [1.29, 1.82) is 0 Å². The molecule has 0 saturated carbocycles. The number of para-hydroxylation sites is 1. The van der Waals surface area contributed by atoms with Crippen LogP contribution in [0.4, 0.5) is 14.9 Å². The lowest BCUT2D eigenvalue weighted by atomic mass is 10.0. The van der Waals surface area contributed by atoms with Crippen molar-refractivity contribution in [3.8, 4) is 0 Å². The van der Waals surface area contributed by atoms with E-state index in [0.29, 0.717) is 11.3 Å². The van der Waals surface area contributed by atoms with E-state index in [4.69, 9.17) is 0 Å². The minimum absolute atomic E-state index is 0.0912. The number of carbonyl (C=O) groups is 2. The van der Waals surface area contributed by atoms with Crippen LogP contribution >= 0.6 is 0 Å². The van der Waals surface area contributed by atoms with E-state index in [1.807, 2.05) is 32.0 Å². The molecule has 0 radical (unpaired) electrons. The van der Waals surface area contributed by atoms with Crippen LogP contribution in [0.2, 0.25) is 0 Å². The fourth-order valence-electron chi connectivity index (χ4n) is 2.48. The lowest BCUT2D eigenvalue weighted by molar-refractivity contribution is -0.124. The number of benzene rings is 2. The van der Waals surface area contributed by atoms with Crippen molar-refractivity contribution >= 4 is 17.6 Å². The van der Waals surface area contributed by atoms with Gasteiger partial charge in [0, 0.05) is 12.2 Å². The molecule has 0 aromatic heterocycles. The van der Waals surface area contributed by atoms with E-state index in [-0.39, 0.29) is 24.2 Å². The van der Waals surface area contributed by atoms with Gasteiger partial charge in [0.1, 0.15) is 11.9 Å². The molecule has 0 fully saturated rings. The average Bonchev–Trinajstić information content (AvgIpc) is 2.61. The van der Waals surface area contributed by atoms with Crippen LogP contribution in [0.1, 0.15) is 25.0 Å². The van der Waals surface area contributed by atoms with Crippen molar-refractivity contribution in [3.63, 3.8) is 0 Å². The quantitative estimate of drug-likeness (QED) is 0.739. The van der Waals surface area contributed by atoms with Crippen LogP contribution in [0.3, 0.4) is 0 Å².